The zero-order valence-electron chi connectivity index (χ0n) is 12.8. The number of pyridine rings is 1. The Morgan fingerprint density at radius 2 is 2.38 bits per heavy atom. The average Bonchev–Trinajstić information content (AvgIpc) is 2.99. The van der Waals surface area contributed by atoms with Crippen LogP contribution in [0.2, 0.25) is 0 Å². The number of likely N-dealkylation sites (N-methyl/N-ethyl adjacent to an activating group) is 1. The monoisotopic (exact) mass is 327 g/mol. The first-order valence-electron chi connectivity index (χ1n) is 7.20. The predicted octanol–water partition coefficient (Wildman–Crippen LogP) is 0.511. The summed E-state index contributed by atoms with van der Waals surface area (Å²) in [7, 11) is 1.56. The van der Waals surface area contributed by atoms with Crippen molar-refractivity contribution in [2.24, 2.45) is 5.92 Å². The minimum Gasteiger partial charge on any atom is -0.338 e. The van der Waals surface area contributed by atoms with Crippen molar-refractivity contribution in [1.29, 1.82) is 0 Å². The Kier molecular flexibility index (Phi) is 4.00. The van der Waals surface area contributed by atoms with Crippen molar-refractivity contribution in [3.05, 3.63) is 41.6 Å². The number of fused-ring (bicyclic) bond motifs is 1. The topological polar surface area (TPSA) is 91.0 Å². The molecule has 0 unspecified atom stereocenters. The highest BCUT2D eigenvalue weighted by atomic mass is 19.1. The van der Waals surface area contributed by atoms with Crippen molar-refractivity contribution in [2.75, 3.05) is 11.9 Å². The molecule has 122 valence electrons. The average molecular weight is 327 g/mol. The summed E-state index contributed by atoms with van der Waals surface area (Å²) in [6, 6.07) is 2.59. The first-order chi connectivity index (χ1) is 11.5. The molecular formula is C16H14FN5O2. The SMILES string of the molecule is C#C[C@@H]1Cc2cccnc2N(C)C(=O)[C@@H]1NC(=O)c1[nH]ncc1F. The molecule has 2 aromatic rings. The van der Waals surface area contributed by atoms with Gasteiger partial charge in [0.25, 0.3) is 11.8 Å². The van der Waals surface area contributed by atoms with Crippen LogP contribution in [0.4, 0.5) is 10.2 Å². The van der Waals surface area contributed by atoms with Gasteiger partial charge in [-0.05, 0) is 18.1 Å². The number of rotatable bonds is 2. The minimum atomic E-state index is -0.996. The quantitative estimate of drug-likeness (QED) is 0.787. The molecule has 0 aliphatic carbocycles. The molecule has 2 N–H and O–H groups in total. The maximum absolute atomic E-state index is 13.5. The largest absolute Gasteiger partial charge is 0.338 e. The van der Waals surface area contributed by atoms with E-state index in [-0.39, 0.29) is 5.69 Å². The fourth-order valence-corrected chi connectivity index (χ4v) is 2.69. The summed E-state index contributed by atoms with van der Waals surface area (Å²) in [5, 5.41) is 8.22. The maximum atomic E-state index is 13.5. The third-order valence-corrected chi connectivity index (χ3v) is 3.94. The molecule has 1 aliphatic heterocycles. The maximum Gasteiger partial charge on any atom is 0.273 e. The molecule has 3 heterocycles. The highest BCUT2D eigenvalue weighted by Gasteiger charge is 2.37. The molecule has 3 rings (SSSR count). The number of halogens is 1. The Morgan fingerprint density at radius 3 is 3.04 bits per heavy atom. The van der Waals surface area contributed by atoms with Gasteiger partial charge in [-0.1, -0.05) is 6.07 Å². The van der Waals surface area contributed by atoms with Crippen LogP contribution in [0, 0.1) is 24.1 Å². The smallest absolute Gasteiger partial charge is 0.273 e. The third kappa shape index (κ3) is 2.60. The lowest BCUT2D eigenvalue weighted by atomic mass is 9.94. The molecule has 0 radical (unpaired) electrons. The molecule has 24 heavy (non-hydrogen) atoms. The summed E-state index contributed by atoms with van der Waals surface area (Å²) in [5.74, 6) is 0.455. The first-order valence-corrected chi connectivity index (χ1v) is 7.20. The molecule has 2 aromatic heterocycles. The summed E-state index contributed by atoms with van der Waals surface area (Å²) >= 11 is 0. The molecule has 0 saturated heterocycles. The number of carbonyl (C=O) groups is 2. The zero-order valence-corrected chi connectivity index (χ0v) is 12.8. The predicted molar refractivity (Wildman–Crippen MR) is 83.5 cm³/mol. The van der Waals surface area contributed by atoms with Crippen LogP contribution >= 0.6 is 0 Å². The van der Waals surface area contributed by atoms with Crippen LogP contribution in [0.25, 0.3) is 0 Å². The van der Waals surface area contributed by atoms with Crippen molar-refractivity contribution in [1.82, 2.24) is 20.5 Å². The number of hydrogen-bond donors (Lipinski definition) is 2. The standard InChI is InChI=1S/C16H14FN5O2/c1-3-9-7-10-5-4-6-18-14(10)22(2)16(24)12(9)20-15(23)13-11(17)8-19-21-13/h1,4-6,8-9,12H,7H2,2H3,(H,19,21)(H,20,23)/t9-,12-/m1/s1. The Bertz CT molecular complexity index is 841. The van der Waals surface area contributed by atoms with Gasteiger partial charge in [-0.15, -0.1) is 12.3 Å². The molecule has 1 aliphatic rings. The molecule has 0 fully saturated rings. The lowest BCUT2D eigenvalue weighted by Crippen LogP contribution is -2.50. The van der Waals surface area contributed by atoms with Crippen LogP contribution in [0.5, 0.6) is 0 Å². The van der Waals surface area contributed by atoms with Gasteiger partial charge in [-0.3, -0.25) is 19.6 Å². The van der Waals surface area contributed by atoms with E-state index in [0.29, 0.717) is 12.2 Å². The van der Waals surface area contributed by atoms with Gasteiger partial charge in [0.2, 0.25) is 0 Å². The second-order valence-corrected chi connectivity index (χ2v) is 5.40. The van der Waals surface area contributed by atoms with Gasteiger partial charge in [0.05, 0.1) is 12.1 Å². The van der Waals surface area contributed by atoms with Gasteiger partial charge in [0.15, 0.2) is 11.5 Å². The van der Waals surface area contributed by atoms with Gasteiger partial charge in [-0.2, -0.15) is 5.10 Å². The minimum absolute atomic E-state index is 0.346. The van der Waals surface area contributed by atoms with Crippen molar-refractivity contribution in [2.45, 2.75) is 12.5 Å². The van der Waals surface area contributed by atoms with Gasteiger partial charge in [0.1, 0.15) is 11.9 Å². The number of carbonyl (C=O) groups excluding carboxylic acids is 2. The first kappa shape index (κ1) is 15.7. The number of terminal acetylenes is 1. The van der Waals surface area contributed by atoms with Crippen molar-refractivity contribution >= 4 is 17.6 Å². The highest BCUT2D eigenvalue weighted by Crippen LogP contribution is 2.26. The molecule has 0 bridgehead atoms. The van der Waals surface area contributed by atoms with Crippen LogP contribution in [-0.4, -0.2) is 40.1 Å². The number of aromatic amines is 1. The van der Waals surface area contributed by atoms with Crippen molar-refractivity contribution in [3.8, 4) is 12.3 Å². The number of nitrogens with one attached hydrogen (secondary N) is 2. The lowest BCUT2D eigenvalue weighted by Gasteiger charge is -2.23. The summed E-state index contributed by atoms with van der Waals surface area (Å²) in [4.78, 5) is 30.5. The van der Waals surface area contributed by atoms with E-state index in [1.807, 2.05) is 6.07 Å². The Labute approximate surface area is 137 Å². The van der Waals surface area contributed by atoms with Gasteiger partial charge in [0, 0.05) is 13.2 Å². The van der Waals surface area contributed by atoms with Crippen LogP contribution in [0.15, 0.2) is 24.5 Å². The number of nitrogens with zero attached hydrogens (tertiary/aromatic N) is 3. The molecule has 0 spiro atoms. The summed E-state index contributed by atoms with van der Waals surface area (Å²) in [6.45, 7) is 0. The fraction of sp³-hybridized carbons (Fsp3) is 0.250. The number of aromatic nitrogens is 3. The molecule has 0 aromatic carbocycles. The second kappa shape index (κ2) is 6.12. The molecule has 0 saturated carbocycles. The molecule has 7 nitrogen and oxygen atoms in total. The number of hydrogen-bond acceptors (Lipinski definition) is 4. The van der Waals surface area contributed by atoms with E-state index >= 15 is 0 Å². The zero-order chi connectivity index (χ0) is 17.3. The van der Waals surface area contributed by atoms with Crippen LogP contribution in [0.1, 0.15) is 16.1 Å². The van der Waals surface area contributed by atoms with E-state index in [0.717, 1.165) is 11.8 Å². The Morgan fingerprint density at radius 1 is 1.58 bits per heavy atom. The van der Waals surface area contributed by atoms with Crippen LogP contribution in [0.3, 0.4) is 0 Å². The van der Waals surface area contributed by atoms with Crippen LogP contribution in [-0.2, 0) is 11.2 Å². The van der Waals surface area contributed by atoms with E-state index in [1.165, 1.54) is 4.90 Å². The number of amides is 2. The Balaban J connectivity index is 1.93. The Hall–Kier alpha value is -3.21. The number of H-pyrrole nitrogens is 1. The normalized spacial score (nSPS) is 20.0. The number of anilines is 1. The van der Waals surface area contributed by atoms with Gasteiger partial charge >= 0.3 is 0 Å². The van der Waals surface area contributed by atoms with Gasteiger partial charge in [-0.25, -0.2) is 9.37 Å². The van der Waals surface area contributed by atoms with E-state index in [4.69, 9.17) is 6.42 Å². The van der Waals surface area contributed by atoms with Crippen molar-refractivity contribution in [3.63, 3.8) is 0 Å². The summed E-state index contributed by atoms with van der Waals surface area (Å²) in [6.07, 6.45) is 8.39. The van der Waals surface area contributed by atoms with Crippen LogP contribution < -0.4 is 10.2 Å². The van der Waals surface area contributed by atoms with E-state index in [2.05, 4.69) is 26.4 Å². The van der Waals surface area contributed by atoms with Gasteiger partial charge < -0.3 is 5.32 Å². The molecule has 2 atom stereocenters. The molecular weight excluding hydrogens is 313 g/mol. The molecule has 2 amide bonds. The highest BCUT2D eigenvalue weighted by molar-refractivity contribution is 6.02. The third-order valence-electron chi connectivity index (χ3n) is 3.94. The fourth-order valence-electron chi connectivity index (χ4n) is 2.69. The van der Waals surface area contributed by atoms with E-state index < -0.39 is 29.6 Å². The lowest BCUT2D eigenvalue weighted by molar-refractivity contribution is -0.120. The summed E-state index contributed by atoms with van der Waals surface area (Å²) < 4.78 is 13.5. The van der Waals surface area contributed by atoms with E-state index in [9.17, 15) is 14.0 Å². The van der Waals surface area contributed by atoms with Crippen molar-refractivity contribution < 1.29 is 14.0 Å². The van der Waals surface area contributed by atoms with E-state index in [1.54, 1.807) is 19.3 Å². The summed E-state index contributed by atoms with van der Waals surface area (Å²) in [5.41, 5.74) is 0.460. The second-order valence-electron chi connectivity index (χ2n) is 5.40. The molecule has 8 heteroatoms.